The largest absolute Gasteiger partial charge is 0.493 e. The maximum atomic E-state index is 11.0. The molecule has 106 valence electrons. The molecule has 1 unspecified atom stereocenters. The summed E-state index contributed by atoms with van der Waals surface area (Å²) in [6.07, 6.45) is 2.45. The number of nitro groups is 1. The summed E-state index contributed by atoms with van der Waals surface area (Å²) >= 11 is 0. The summed E-state index contributed by atoms with van der Waals surface area (Å²) in [5.41, 5.74) is 0.583. The first-order chi connectivity index (χ1) is 9.02. The molecule has 0 heterocycles. The Labute approximate surface area is 114 Å². The molecule has 0 radical (unpaired) electrons. The quantitative estimate of drug-likeness (QED) is 0.585. The van der Waals surface area contributed by atoms with Gasteiger partial charge in [-0.25, -0.2) is 0 Å². The van der Waals surface area contributed by atoms with Crippen LogP contribution in [-0.4, -0.2) is 34.3 Å². The van der Waals surface area contributed by atoms with E-state index in [0.717, 1.165) is 6.42 Å². The Kier molecular flexibility index (Phi) is 6.27. The number of anilines is 1. The van der Waals surface area contributed by atoms with Crippen LogP contribution in [0.5, 0.6) is 5.75 Å². The van der Waals surface area contributed by atoms with Crippen LogP contribution in [0.4, 0.5) is 11.4 Å². The normalized spacial score (nSPS) is 11.9. The number of nitro benzene ring substituents is 1. The highest BCUT2D eigenvalue weighted by molar-refractivity contribution is 7.84. The Morgan fingerprint density at radius 2 is 2.16 bits per heavy atom. The van der Waals surface area contributed by atoms with Crippen molar-refractivity contribution >= 4 is 22.2 Å². The number of hydrogen-bond donors (Lipinski definition) is 1. The van der Waals surface area contributed by atoms with E-state index in [1.165, 1.54) is 12.1 Å². The van der Waals surface area contributed by atoms with Crippen molar-refractivity contribution in [1.29, 1.82) is 0 Å². The third-order valence-electron chi connectivity index (χ3n) is 2.29. The highest BCUT2D eigenvalue weighted by atomic mass is 32.2. The molecule has 0 spiro atoms. The van der Waals surface area contributed by atoms with Crippen molar-refractivity contribution < 1.29 is 13.9 Å². The van der Waals surface area contributed by atoms with Crippen LogP contribution in [0.2, 0.25) is 0 Å². The third kappa shape index (κ3) is 5.69. The van der Waals surface area contributed by atoms with E-state index in [-0.39, 0.29) is 5.69 Å². The van der Waals surface area contributed by atoms with Gasteiger partial charge in [0.25, 0.3) is 5.69 Å². The predicted octanol–water partition coefficient (Wildman–Crippen LogP) is 2.17. The van der Waals surface area contributed by atoms with E-state index in [9.17, 15) is 14.3 Å². The highest BCUT2D eigenvalue weighted by Crippen LogP contribution is 2.26. The van der Waals surface area contributed by atoms with Crippen LogP contribution in [-0.2, 0) is 10.8 Å². The molecule has 6 nitrogen and oxygen atoms in total. The molecule has 0 saturated carbocycles. The van der Waals surface area contributed by atoms with Gasteiger partial charge in [0.15, 0.2) is 0 Å². The van der Waals surface area contributed by atoms with Gasteiger partial charge in [-0.05, 0) is 6.42 Å². The summed E-state index contributed by atoms with van der Waals surface area (Å²) in [6, 6.07) is 4.55. The fourth-order valence-electron chi connectivity index (χ4n) is 1.43. The molecule has 0 saturated heterocycles. The van der Waals surface area contributed by atoms with Gasteiger partial charge in [0, 0.05) is 47.2 Å². The number of hydrogen-bond acceptors (Lipinski definition) is 5. The molecule has 1 rings (SSSR count). The fourth-order valence-corrected chi connectivity index (χ4v) is 1.82. The zero-order valence-corrected chi connectivity index (χ0v) is 11.9. The first kappa shape index (κ1) is 15.4. The molecule has 7 heteroatoms. The Hall–Kier alpha value is -1.63. The Bertz CT molecular complexity index is 465. The van der Waals surface area contributed by atoms with Gasteiger partial charge in [-0.15, -0.1) is 0 Å². The van der Waals surface area contributed by atoms with Gasteiger partial charge in [0.2, 0.25) is 0 Å². The molecule has 0 bridgehead atoms. The van der Waals surface area contributed by atoms with E-state index in [2.05, 4.69) is 5.32 Å². The monoisotopic (exact) mass is 286 g/mol. The lowest BCUT2D eigenvalue weighted by atomic mass is 10.2. The summed E-state index contributed by atoms with van der Waals surface area (Å²) < 4.78 is 16.4. The van der Waals surface area contributed by atoms with E-state index < -0.39 is 15.7 Å². The molecule has 1 N–H and O–H groups in total. The van der Waals surface area contributed by atoms with Crippen molar-refractivity contribution in [2.24, 2.45) is 0 Å². The SMILES string of the molecule is CCCOc1cc(NCCS(C)=O)cc([N+](=O)[O-])c1. The molecule has 0 aliphatic rings. The second-order valence-electron chi connectivity index (χ2n) is 4.03. The van der Waals surface area contributed by atoms with Gasteiger partial charge in [-0.2, -0.15) is 0 Å². The predicted molar refractivity (Wildman–Crippen MR) is 76.3 cm³/mol. The number of nitrogens with one attached hydrogen (secondary N) is 1. The van der Waals surface area contributed by atoms with E-state index >= 15 is 0 Å². The van der Waals surface area contributed by atoms with Crippen molar-refractivity contribution in [1.82, 2.24) is 0 Å². The Morgan fingerprint density at radius 1 is 1.42 bits per heavy atom. The second-order valence-corrected chi connectivity index (χ2v) is 5.58. The minimum absolute atomic E-state index is 0.0197. The van der Waals surface area contributed by atoms with Crippen LogP contribution in [0.3, 0.4) is 0 Å². The highest BCUT2D eigenvalue weighted by Gasteiger charge is 2.10. The average Bonchev–Trinajstić information content (AvgIpc) is 2.35. The lowest BCUT2D eigenvalue weighted by molar-refractivity contribution is -0.384. The van der Waals surface area contributed by atoms with Crippen LogP contribution in [0.15, 0.2) is 18.2 Å². The summed E-state index contributed by atoms with van der Waals surface area (Å²) in [7, 11) is -0.891. The molecule has 0 fully saturated rings. The first-order valence-electron chi connectivity index (χ1n) is 5.99. The van der Waals surface area contributed by atoms with Gasteiger partial charge in [-0.1, -0.05) is 6.92 Å². The summed E-state index contributed by atoms with van der Waals surface area (Å²) in [4.78, 5) is 10.4. The topological polar surface area (TPSA) is 81.5 Å². The lowest BCUT2D eigenvalue weighted by Gasteiger charge is -2.09. The second kappa shape index (κ2) is 7.73. The van der Waals surface area contributed by atoms with E-state index in [0.29, 0.717) is 30.3 Å². The Balaban J connectivity index is 2.80. The number of ether oxygens (including phenoxy) is 1. The number of benzene rings is 1. The maximum Gasteiger partial charge on any atom is 0.275 e. The van der Waals surface area contributed by atoms with E-state index in [1.807, 2.05) is 6.92 Å². The van der Waals surface area contributed by atoms with Crippen molar-refractivity contribution in [2.75, 3.05) is 30.5 Å². The van der Waals surface area contributed by atoms with Crippen molar-refractivity contribution in [3.63, 3.8) is 0 Å². The third-order valence-corrected chi connectivity index (χ3v) is 3.07. The number of rotatable bonds is 8. The van der Waals surface area contributed by atoms with Crippen LogP contribution in [0.25, 0.3) is 0 Å². The van der Waals surface area contributed by atoms with Gasteiger partial charge in [0.05, 0.1) is 17.6 Å². The standard InChI is InChI=1S/C12H18N2O4S/c1-3-5-18-12-8-10(13-4-6-19(2)17)7-11(9-12)14(15)16/h7-9,13H,3-6H2,1-2H3. The Morgan fingerprint density at radius 3 is 2.74 bits per heavy atom. The minimum atomic E-state index is -0.891. The number of non-ortho nitro benzene ring substituents is 1. The van der Waals surface area contributed by atoms with Crippen LogP contribution in [0.1, 0.15) is 13.3 Å². The lowest BCUT2D eigenvalue weighted by Crippen LogP contribution is -2.10. The van der Waals surface area contributed by atoms with E-state index in [4.69, 9.17) is 4.74 Å². The molecule has 0 aliphatic carbocycles. The van der Waals surface area contributed by atoms with Crippen LogP contribution >= 0.6 is 0 Å². The molecule has 1 aromatic rings. The summed E-state index contributed by atoms with van der Waals surface area (Å²) in [5.74, 6) is 0.963. The average molecular weight is 286 g/mol. The van der Waals surface area contributed by atoms with Gasteiger partial charge in [0.1, 0.15) is 5.75 Å². The zero-order chi connectivity index (χ0) is 14.3. The molecule has 0 aliphatic heterocycles. The van der Waals surface area contributed by atoms with Crippen LogP contribution in [0, 0.1) is 10.1 Å². The summed E-state index contributed by atoms with van der Waals surface area (Å²) in [6.45, 7) is 2.98. The van der Waals surface area contributed by atoms with Crippen LogP contribution < -0.4 is 10.1 Å². The van der Waals surface area contributed by atoms with E-state index in [1.54, 1.807) is 12.3 Å². The fraction of sp³-hybridized carbons (Fsp3) is 0.500. The minimum Gasteiger partial charge on any atom is -0.493 e. The molecule has 0 amide bonds. The smallest absolute Gasteiger partial charge is 0.275 e. The molecular formula is C12H18N2O4S. The van der Waals surface area contributed by atoms with Crippen molar-refractivity contribution in [3.05, 3.63) is 28.3 Å². The summed E-state index contributed by atoms with van der Waals surface area (Å²) in [5, 5.41) is 13.8. The van der Waals surface area contributed by atoms with Gasteiger partial charge < -0.3 is 10.1 Å². The molecule has 19 heavy (non-hydrogen) atoms. The molecule has 0 aromatic heterocycles. The van der Waals surface area contributed by atoms with Gasteiger partial charge in [-0.3, -0.25) is 14.3 Å². The molecule has 1 atom stereocenters. The first-order valence-corrected chi connectivity index (χ1v) is 7.72. The number of nitrogens with zero attached hydrogens (tertiary/aromatic N) is 1. The molecule has 1 aromatic carbocycles. The maximum absolute atomic E-state index is 11.0. The van der Waals surface area contributed by atoms with Crippen molar-refractivity contribution in [2.45, 2.75) is 13.3 Å². The zero-order valence-electron chi connectivity index (χ0n) is 11.0. The van der Waals surface area contributed by atoms with Gasteiger partial charge >= 0.3 is 0 Å². The molecular weight excluding hydrogens is 268 g/mol. The van der Waals surface area contributed by atoms with Crippen molar-refractivity contribution in [3.8, 4) is 5.75 Å².